The monoisotopic (exact) mass is 618 g/mol. The van der Waals surface area contributed by atoms with Gasteiger partial charge in [0.1, 0.15) is 11.6 Å². The molecule has 0 unspecified atom stereocenters. The number of ketones is 2. The van der Waals surface area contributed by atoms with Crippen LogP contribution in [0.15, 0.2) is 91.1 Å². The number of aromatic nitrogens is 1. The fourth-order valence-corrected chi connectivity index (χ4v) is 5.69. The minimum Gasteiger partial charge on any atom is -0.504 e. The fraction of sp³-hybridized carbons (Fsp3) is 0.325. The quantitative estimate of drug-likeness (QED) is 0.0623. The zero-order valence-electron chi connectivity index (χ0n) is 26.9. The Morgan fingerprint density at radius 2 is 1.43 bits per heavy atom. The van der Waals surface area contributed by atoms with E-state index in [1.807, 2.05) is 30.3 Å². The van der Waals surface area contributed by atoms with E-state index in [1.165, 1.54) is 43.6 Å². The van der Waals surface area contributed by atoms with Crippen molar-refractivity contribution in [2.75, 3.05) is 12.8 Å². The van der Waals surface area contributed by atoms with Crippen molar-refractivity contribution < 1.29 is 19.4 Å². The maximum absolute atomic E-state index is 12.7. The van der Waals surface area contributed by atoms with Crippen LogP contribution < -0.4 is 10.5 Å². The molecule has 4 aromatic rings. The van der Waals surface area contributed by atoms with Crippen molar-refractivity contribution in [1.82, 2.24) is 4.98 Å². The number of allylic oxidation sites excluding steroid dienone is 1. The van der Waals surface area contributed by atoms with Crippen LogP contribution in [0.3, 0.4) is 0 Å². The third-order valence-corrected chi connectivity index (χ3v) is 8.29. The maximum Gasteiger partial charge on any atom is 0.163 e. The number of pyridine rings is 1. The molecule has 0 saturated heterocycles. The van der Waals surface area contributed by atoms with Gasteiger partial charge in [0.2, 0.25) is 0 Å². The molecule has 0 radical (unpaired) electrons. The summed E-state index contributed by atoms with van der Waals surface area (Å²) in [5, 5.41) is 10.6. The minimum atomic E-state index is -0.235. The van der Waals surface area contributed by atoms with Crippen LogP contribution in [0.25, 0.3) is 6.08 Å². The Morgan fingerprint density at radius 3 is 2.13 bits per heavy atom. The Kier molecular flexibility index (Phi) is 13.6. The number of Topliss-reactive ketones (excluding diaryl/α,β-unsaturated/α-hetero) is 1. The van der Waals surface area contributed by atoms with Crippen LogP contribution in [0.1, 0.15) is 84.7 Å². The van der Waals surface area contributed by atoms with E-state index in [9.17, 15) is 14.7 Å². The second-order valence-electron chi connectivity index (χ2n) is 11.9. The van der Waals surface area contributed by atoms with Gasteiger partial charge in [-0.15, -0.1) is 0 Å². The number of anilines is 1. The normalized spacial score (nSPS) is 11.2. The summed E-state index contributed by atoms with van der Waals surface area (Å²) in [6, 6.07) is 26.1. The van der Waals surface area contributed by atoms with Gasteiger partial charge in [-0.2, -0.15) is 0 Å². The minimum absolute atomic E-state index is 0.0154. The molecule has 0 bridgehead atoms. The molecule has 0 aliphatic rings. The molecule has 1 heterocycles. The first-order chi connectivity index (χ1) is 22.4. The molecule has 1 aromatic heterocycles. The number of carbonyl (C=O) groups excluding carboxylic acids is 2. The number of rotatable bonds is 19. The largest absolute Gasteiger partial charge is 0.504 e. The Hall–Kier alpha value is -4.71. The first-order valence-corrected chi connectivity index (χ1v) is 16.3. The number of phenolic OH excluding ortho intramolecular Hbond substituents is 1. The number of aryl methyl sites for hydroxylation is 3. The molecular formula is C40H46N2O4. The molecule has 240 valence electrons. The fourth-order valence-electron chi connectivity index (χ4n) is 5.69. The van der Waals surface area contributed by atoms with Crippen molar-refractivity contribution in [3.8, 4) is 11.5 Å². The summed E-state index contributed by atoms with van der Waals surface area (Å²) < 4.78 is 5.34. The van der Waals surface area contributed by atoms with Crippen LogP contribution in [0.5, 0.6) is 11.5 Å². The van der Waals surface area contributed by atoms with Crippen molar-refractivity contribution in [2.45, 2.75) is 77.0 Å². The molecule has 0 aliphatic heterocycles. The number of phenols is 1. The summed E-state index contributed by atoms with van der Waals surface area (Å²) >= 11 is 0. The van der Waals surface area contributed by atoms with Gasteiger partial charge >= 0.3 is 0 Å². The molecule has 3 N–H and O–H groups in total. The average Bonchev–Trinajstić information content (AvgIpc) is 3.06. The van der Waals surface area contributed by atoms with Gasteiger partial charge in [0.25, 0.3) is 0 Å². The van der Waals surface area contributed by atoms with E-state index in [-0.39, 0.29) is 23.7 Å². The number of aromatic hydroxyl groups is 1. The highest BCUT2D eigenvalue weighted by atomic mass is 16.5. The number of nitrogens with two attached hydrogens (primary N) is 1. The van der Waals surface area contributed by atoms with E-state index in [0.717, 1.165) is 60.8 Å². The number of unbranched alkanes of at least 4 members (excludes halogenated alkanes) is 5. The molecule has 0 aliphatic carbocycles. The van der Waals surface area contributed by atoms with E-state index in [2.05, 4.69) is 41.4 Å². The molecule has 0 saturated carbocycles. The summed E-state index contributed by atoms with van der Waals surface area (Å²) in [4.78, 5) is 29.6. The molecule has 6 nitrogen and oxygen atoms in total. The van der Waals surface area contributed by atoms with Crippen molar-refractivity contribution in [2.24, 2.45) is 0 Å². The van der Waals surface area contributed by atoms with Crippen LogP contribution in [-0.2, 0) is 35.3 Å². The third kappa shape index (κ3) is 11.3. The van der Waals surface area contributed by atoms with Gasteiger partial charge in [-0.1, -0.05) is 92.4 Å². The van der Waals surface area contributed by atoms with Gasteiger partial charge in [0.15, 0.2) is 17.3 Å². The molecular weight excluding hydrogens is 572 g/mol. The van der Waals surface area contributed by atoms with Crippen molar-refractivity contribution in [3.05, 3.63) is 125 Å². The number of nitrogen functional groups attached to an aromatic ring is 1. The molecule has 0 atom stereocenters. The van der Waals surface area contributed by atoms with Crippen molar-refractivity contribution >= 4 is 23.5 Å². The van der Waals surface area contributed by atoms with Crippen LogP contribution in [-0.4, -0.2) is 28.8 Å². The van der Waals surface area contributed by atoms with Crippen LogP contribution in [0.4, 0.5) is 5.82 Å². The second kappa shape index (κ2) is 18.3. The summed E-state index contributed by atoms with van der Waals surface area (Å²) in [5.41, 5.74) is 12.3. The Labute approximate surface area is 273 Å². The molecule has 0 spiro atoms. The van der Waals surface area contributed by atoms with Gasteiger partial charge < -0.3 is 15.6 Å². The van der Waals surface area contributed by atoms with E-state index in [4.69, 9.17) is 10.5 Å². The molecule has 0 amide bonds. The Morgan fingerprint density at radius 1 is 0.783 bits per heavy atom. The molecule has 0 fully saturated rings. The zero-order chi connectivity index (χ0) is 32.6. The van der Waals surface area contributed by atoms with E-state index < -0.39 is 0 Å². The summed E-state index contributed by atoms with van der Waals surface area (Å²) in [6.07, 6.45) is 15.0. The molecule has 6 heteroatoms. The van der Waals surface area contributed by atoms with E-state index in [1.54, 1.807) is 24.4 Å². The smallest absolute Gasteiger partial charge is 0.163 e. The SMILES string of the molecule is COc1cc(C=CC(=O)CC(=O)CCCCCCCCc2ccccc2)c(Cc2cnc(N)cc2CCc2ccccc2)cc1O. The predicted octanol–water partition coefficient (Wildman–Crippen LogP) is 8.27. The lowest BCUT2D eigenvalue weighted by Crippen LogP contribution is -2.05. The highest BCUT2D eigenvalue weighted by Gasteiger charge is 2.14. The lowest BCUT2D eigenvalue weighted by molar-refractivity contribution is -0.124. The number of benzene rings is 3. The number of ether oxygens (including phenoxy) is 1. The van der Waals surface area contributed by atoms with Gasteiger partial charge in [0, 0.05) is 12.6 Å². The molecule has 4 rings (SSSR count). The topological polar surface area (TPSA) is 103 Å². The number of hydrogen-bond acceptors (Lipinski definition) is 6. The van der Waals surface area contributed by atoms with Crippen LogP contribution >= 0.6 is 0 Å². The Balaban J connectivity index is 1.29. The second-order valence-corrected chi connectivity index (χ2v) is 11.9. The molecule has 46 heavy (non-hydrogen) atoms. The summed E-state index contributed by atoms with van der Waals surface area (Å²) in [7, 11) is 1.49. The standard InChI is InChI=1S/C40H46N2O4/c1-46-39-26-32(22-23-37(44)28-36(43)19-13-5-3-2-4-8-14-30-15-9-6-10-16-30)34(25-38(39)45)24-35-29-42-40(41)27-33(35)21-20-31-17-11-7-12-18-31/h6-7,9-12,15-18,22-23,25-27,29,45H,2-5,8,13-14,19-21,24,28H2,1H3,(H2,41,42). The Bertz CT molecular complexity index is 1580. The number of carbonyl (C=O) groups is 2. The first kappa shape index (κ1) is 34.2. The number of methoxy groups -OCH3 is 1. The molecule has 3 aromatic carbocycles. The highest BCUT2D eigenvalue weighted by molar-refractivity contribution is 6.06. The zero-order valence-corrected chi connectivity index (χ0v) is 26.9. The van der Waals surface area contributed by atoms with Gasteiger partial charge in [-0.3, -0.25) is 9.59 Å². The maximum atomic E-state index is 12.7. The highest BCUT2D eigenvalue weighted by Crippen LogP contribution is 2.32. The van der Waals surface area contributed by atoms with Crippen LogP contribution in [0.2, 0.25) is 0 Å². The summed E-state index contributed by atoms with van der Waals surface area (Å²) in [6.45, 7) is 0. The third-order valence-electron chi connectivity index (χ3n) is 8.29. The lowest BCUT2D eigenvalue weighted by Gasteiger charge is -2.14. The van der Waals surface area contributed by atoms with E-state index >= 15 is 0 Å². The van der Waals surface area contributed by atoms with Crippen LogP contribution in [0, 0.1) is 0 Å². The van der Waals surface area contributed by atoms with Gasteiger partial charge in [-0.25, -0.2) is 4.98 Å². The summed E-state index contributed by atoms with van der Waals surface area (Å²) in [5.74, 6) is 0.520. The van der Waals surface area contributed by atoms with E-state index in [0.29, 0.717) is 24.4 Å². The lowest BCUT2D eigenvalue weighted by atomic mass is 9.94. The van der Waals surface area contributed by atoms with Gasteiger partial charge in [0.05, 0.1) is 13.5 Å². The number of hydrogen-bond donors (Lipinski definition) is 2. The first-order valence-electron chi connectivity index (χ1n) is 16.3. The predicted molar refractivity (Wildman–Crippen MR) is 186 cm³/mol. The number of nitrogens with zero attached hydrogens (tertiary/aromatic N) is 1. The van der Waals surface area contributed by atoms with Gasteiger partial charge in [-0.05, 0) is 96.2 Å². The van der Waals surface area contributed by atoms with Crippen molar-refractivity contribution in [1.29, 1.82) is 0 Å². The average molecular weight is 619 g/mol. The van der Waals surface area contributed by atoms with Crippen molar-refractivity contribution in [3.63, 3.8) is 0 Å².